The van der Waals surface area contributed by atoms with Crippen molar-refractivity contribution < 1.29 is 4.74 Å². The molecule has 0 aliphatic heterocycles. The minimum absolute atomic E-state index is 0.115. The number of benzene rings is 2. The summed E-state index contributed by atoms with van der Waals surface area (Å²) in [7, 11) is 0. The minimum atomic E-state index is -0.115. The Bertz CT molecular complexity index is 886. The molecule has 4 nitrogen and oxygen atoms in total. The predicted molar refractivity (Wildman–Crippen MR) is 102 cm³/mol. The SMILES string of the molecule is CCCCCCOCc1ccccc1-c1nc2ccccc2c(=O)[nH]1. The fourth-order valence-corrected chi connectivity index (χ4v) is 2.90. The number of hydrogen-bond donors (Lipinski definition) is 1. The van der Waals surface area contributed by atoms with Crippen LogP contribution in [0, 0.1) is 0 Å². The zero-order valence-electron chi connectivity index (χ0n) is 14.6. The van der Waals surface area contributed by atoms with E-state index in [1.54, 1.807) is 6.07 Å². The van der Waals surface area contributed by atoms with E-state index in [2.05, 4.69) is 16.9 Å². The lowest BCUT2D eigenvalue weighted by Crippen LogP contribution is -2.10. The van der Waals surface area contributed by atoms with Crippen molar-refractivity contribution in [1.82, 2.24) is 9.97 Å². The molecule has 2 aromatic carbocycles. The van der Waals surface area contributed by atoms with Crippen LogP contribution in [-0.2, 0) is 11.3 Å². The van der Waals surface area contributed by atoms with E-state index in [9.17, 15) is 4.79 Å². The largest absolute Gasteiger partial charge is 0.377 e. The lowest BCUT2D eigenvalue weighted by atomic mass is 10.1. The van der Waals surface area contributed by atoms with Gasteiger partial charge in [0, 0.05) is 12.2 Å². The van der Waals surface area contributed by atoms with Gasteiger partial charge in [0.25, 0.3) is 5.56 Å². The highest BCUT2D eigenvalue weighted by Crippen LogP contribution is 2.21. The van der Waals surface area contributed by atoms with E-state index in [4.69, 9.17) is 4.74 Å². The molecule has 0 bridgehead atoms. The number of ether oxygens (including phenoxy) is 1. The smallest absolute Gasteiger partial charge is 0.259 e. The minimum Gasteiger partial charge on any atom is -0.377 e. The highest BCUT2D eigenvalue weighted by atomic mass is 16.5. The van der Waals surface area contributed by atoms with Crippen LogP contribution in [0.4, 0.5) is 0 Å². The Morgan fingerprint density at radius 2 is 1.80 bits per heavy atom. The fraction of sp³-hybridized carbons (Fsp3) is 0.333. The van der Waals surface area contributed by atoms with E-state index in [1.807, 2.05) is 42.5 Å². The molecule has 0 aliphatic carbocycles. The predicted octanol–water partition coefficient (Wildman–Crippen LogP) is 4.69. The molecular weight excluding hydrogens is 312 g/mol. The Kier molecular flexibility index (Phi) is 5.96. The van der Waals surface area contributed by atoms with Crippen LogP contribution in [0.1, 0.15) is 38.2 Å². The van der Waals surface area contributed by atoms with Crippen molar-refractivity contribution in [2.75, 3.05) is 6.61 Å². The third kappa shape index (κ3) is 4.34. The summed E-state index contributed by atoms with van der Waals surface area (Å²) in [5.41, 5.74) is 2.54. The Balaban J connectivity index is 1.80. The maximum atomic E-state index is 12.3. The van der Waals surface area contributed by atoms with Gasteiger partial charge in [0.05, 0.1) is 17.5 Å². The van der Waals surface area contributed by atoms with Crippen LogP contribution >= 0.6 is 0 Å². The normalized spacial score (nSPS) is 11.1. The molecule has 130 valence electrons. The van der Waals surface area contributed by atoms with Gasteiger partial charge in [-0.15, -0.1) is 0 Å². The maximum absolute atomic E-state index is 12.3. The van der Waals surface area contributed by atoms with Crippen LogP contribution in [0.2, 0.25) is 0 Å². The van der Waals surface area contributed by atoms with Crippen molar-refractivity contribution >= 4 is 10.9 Å². The molecule has 1 N–H and O–H groups in total. The molecule has 0 saturated heterocycles. The lowest BCUT2D eigenvalue weighted by molar-refractivity contribution is 0.117. The van der Waals surface area contributed by atoms with Crippen LogP contribution in [0.3, 0.4) is 0 Å². The van der Waals surface area contributed by atoms with E-state index in [0.717, 1.165) is 24.2 Å². The summed E-state index contributed by atoms with van der Waals surface area (Å²) in [6.45, 7) is 3.49. The number of H-pyrrole nitrogens is 1. The number of para-hydroxylation sites is 1. The quantitative estimate of drug-likeness (QED) is 0.607. The summed E-state index contributed by atoms with van der Waals surface area (Å²) in [5.74, 6) is 0.592. The number of fused-ring (bicyclic) bond motifs is 1. The molecule has 0 fully saturated rings. The molecule has 0 radical (unpaired) electrons. The first-order valence-electron chi connectivity index (χ1n) is 8.94. The van der Waals surface area contributed by atoms with Crippen LogP contribution in [0.15, 0.2) is 53.3 Å². The van der Waals surface area contributed by atoms with Crippen molar-refractivity contribution in [3.05, 3.63) is 64.4 Å². The number of nitrogens with zero attached hydrogens (tertiary/aromatic N) is 1. The Morgan fingerprint density at radius 3 is 2.68 bits per heavy atom. The van der Waals surface area contributed by atoms with E-state index in [-0.39, 0.29) is 5.56 Å². The standard InChI is InChI=1S/C21H24N2O2/c1-2-3-4-9-14-25-15-16-10-5-6-11-17(16)20-22-19-13-8-7-12-18(19)21(24)23-20/h5-8,10-13H,2-4,9,14-15H2,1H3,(H,22,23,24). The van der Waals surface area contributed by atoms with Crippen LogP contribution in [0.25, 0.3) is 22.3 Å². The second-order valence-corrected chi connectivity index (χ2v) is 6.20. The van der Waals surface area contributed by atoms with Crippen molar-refractivity contribution in [2.24, 2.45) is 0 Å². The topological polar surface area (TPSA) is 55.0 Å². The second kappa shape index (κ2) is 8.58. The number of aromatic nitrogens is 2. The first-order valence-corrected chi connectivity index (χ1v) is 8.94. The first kappa shape index (κ1) is 17.4. The summed E-state index contributed by atoms with van der Waals surface area (Å²) < 4.78 is 5.83. The molecule has 25 heavy (non-hydrogen) atoms. The van der Waals surface area contributed by atoms with Gasteiger partial charge in [-0.2, -0.15) is 0 Å². The third-order valence-corrected chi connectivity index (χ3v) is 4.29. The van der Waals surface area contributed by atoms with Crippen molar-refractivity contribution in [1.29, 1.82) is 0 Å². The molecular formula is C21H24N2O2. The number of unbranched alkanes of at least 4 members (excludes halogenated alkanes) is 3. The van der Waals surface area contributed by atoms with Gasteiger partial charge in [0.15, 0.2) is 0 Å². The molecule has 0 atom stereocenters. The summed E-state index contributed by atoms with van der Waals surface area (Å²) in [6.07, 6.45) is 4.77. The third-order valence-electron chi connectivity index (χ3n) is 4.29. The Morgan fingerprint density at radius 1 is 1.00 bits per heavy atom. The first-order chi connectivity index (χ1) is 12.3. The maximum Gasteiger partial charge on any atom is 0.259 e. The highest BCUT2D eigenvalue weighted by Gasteiger charge is 2.09. The Hall–Kier alpha value is -2.46. The average molecular weight is 336 g/mol. The molecule has 0 spiro atoms. The number of aromatic amines is 1. The summed E-state index contributed by atoms with van der Waals surface area (Å²) in [5, 5.41) is 0.607. The number of hydrogen-bond acceptors (Lipinski definition) is 3. The van der Waals surface area contributed by atoms with Crippen LogP contribution in [0.5, 0.6) is 0 Å². The van der Waals surface area contributed by atoms with Crippen molar-refractivity contribution in [3.8, 4) is 11.4 Å². The molecule has 0 aliphatic rings. The zero-order chi connectivity index (χ0) is 17.5. The van der Waals surface area contributed by atoms with Crippen molar-refractivity contribution in [3.63, 3.8) is 0 Å². The van der Waals surface area contributed by atoms with Gasteiger partial charge < -0.3 is 9.72 Å². The fourth-order valence-electron chi connectivity index (χ4n) is 2.90. The second-order valence-electron chi connectivity index (χ2n) is 6.20. The van der Waals surface area contributed by atoms with Gasteiger partial charge >= 0.3 is 0 Å². The molecule has 0 amide bonds. The monoisotopic (exact) mass is 336 g/mol. The van der Waals surface area contributed by atoms with Crippen LogP contribution < -0.4 is 5.56 Å². The van der Waals surface area contributed by atoms with Gasteiger partial charge in [-0.25, -0.2) is 4.98 Å². The average Bonchev–Trinajstić information content (AvgIpc) is 2.65. The van der Waals surface area contributed by atoms with E-state index in [1.165, 1.54) is 19.3 Å². The molecule has 3 rings (SSSR count). The van der Waals surface area contributed by atoms with Gasteiger partial charge in [0.1, 0.15) is 5.82 Å². The number of rotatable bonds is 8. The molecule has 1 heterocycles. The zero-order valence-corrected chi connectivity index (χ0v) is 14.6. The molecule has 0 unspecified atom stereocenters. The molecule has 0 saturated carbocycles. The molecule has 1 aromatic heterocycles. The molecule has 4 heteroatoms. The lowest BCUT2D eigenvalue weighted by Gasteiger charge is -2.10. The van der Waals surface area contributed by atoms with Gasteiger partial charge in [-0.05, 0) is 24.1 Å². The van der Waals surface area contributed by atoms with Crippen LogP contribution in [-0.4, -0.2) is 16.6 Å². The van der Waals surface area contributed by atoms with Gasteiger partial charge in [-0.3, -0.25) is 4.79 Å². The summed E-state index contributed by atoms with van der Waals surface area (Å²) in [6, 6.07) is 15.3. The number of nitrogens with one attached hydrogen (secondary N) is 1. The van der Waals surface area contributed by atoms with Crippen molar-refractivity contribution in [2.45, 2.75) is 39.2 Å². The Labute approximate surface area is 147 Å². The summed E-state index contributed by atoms with van der Waals surface area (Å²) in [4.78, 5) is 19.8. The van der Waals surface area contributed by atoms with Gasteiger partial charge in [0.2, 0.25) is 0 Å². The van der Waals surface area contributed by atoms with E-state index >= 15 is 0 Å². The van der Waals surface area contributed by atoms with E-state index < -0.39 is 0 Å². The van der Waals surface area contributed by atoms with Gasteiger partial charge in [-0.1, -0.05) is 62.6 Å². The van der Waals surface area contributed by atoms with E-state index in [0.29, 0.717) is 23.3 Å². The molecule has 3 aromatic rings. The summed E-state index contributed by atoms with van der Waals surface area (Å²) >= 11 is 0. The highest BCUT2D eigenvalue weighted by molar-refractivity contribution is 5.79.